The molecule has 1 spiro atoms. The lowest BCUT2D eigenvalue weighted by molar-refractivity contribution is -0.0139. The Labute approximate surface area is 133 Å². The van der Waals surface area contributed by atoms with Crippen molar-refractivity contribution in [1.29, 1.82) is 0 Å². The third-order valence-electron chi connectivity index (χ3n) is 4.33. The molecule has 0 radical (unpaired) electrons. The Morgan fingerprint density at radius 1 is 1.39 bits per heavy atom. The van der Waals surface area contributed by atoms with E-state index < -0.39 is 5.60 Å². The van der Waals surface area contributed by atoms with Gasteiger partial charge in [0.2, 0.25) is 11.7 Å². The third kappa shape index (κ3) is 2.70. The summed E-state index contributed by atoms with van der Waals surface area (Å²) in [5, 5.41) is 3.94. The molecule has 0 aliphatic carbocycles. The molecule has 2 aliphatic heterocycles. The molecule has 23 heavy (non-hydrogen) atoms. The summed E-state index contributed by atoms with van der Waals surface area (Å²) < 4.78 is 16.2. The Morgan fingerprint density at radius 3 is 3.04 bits per heavy atom. The molecule has 2 saturated heterocycles. The lowest BCUT2D eigenvalue weighted by atomic mass is 9.93. The van der Waals surface area contributed by atoms with Gasteiger partial charge in [0.15, 0.2) is 5.76 Å². The van der Waals surface area contributed by atoms with Crippen LogP contribution in [0, 0.1) is 0 Å². The minimum absolute atomic E-state index is 0.246. The van der Waals surface area contributed by atoms with E-state index in [4.69, 9.17) is 13.7 Å². The predicted octanol–water partition coefficient (Wildman–Crippen LogP) is 1.75. The predicted molar refractivity (Wildman–Crippen MR) is 78.4 cm³/mol. The molecule has 122 valence electrons. The van der Waals surface area contributed by atoms with Crippen molar-refractivity contribution in [2.75, 3.05) is 26.7 Å². The highest BCUT2D eigenvalue weighted by molar-refractivity contribution is 5.70. The lowest BCUT2D eigenvalue weighted by Gasteiger charge is -2.37. The summed E-state index contributed by atoms with van der Waals surface area (Å²) >= 11 is 0. The van der Waals surface area contributed by atoms with Gasteiger partial charge in [0, 0.05) is 13.6 Å². The molecule has 2 aliphatic rings. The zero-order chi connectivity index (χ0) is 15.9. The van der Waals surface area contributed by atoms with Crippen LogP contribution in [0.1, 0.15) is 18.7 Å². The van der Waals surface area contributed by atoms with Crippen LogP contribution in [0.3, 0.4) is 0 Å². The van der Waals surface area contributed by atoms with Crippen molar-refractivity contribution < 1.29 is 18.5 Å². The summed E-state index contributed by atoms with van der Waals surface area (Å²) in [5.74, 6) is 1.57. The first-order valence-electron chi connectivity index (χ1n) is 7.67. The van der Waals surface area contributed by atoms with E-state index in [-0.39, 0.29) is 6.09 Å². The summed E-state index contributed by atoms with van der Waals surface area (Å²) in [7, 11) is 1.77. The number of carbonyl (C=O) groups excluding carboxylic acids is 1. The zero-order valence-corrected chi connectivity index (χ0v) is 12.9. The van der Waals surface area contributed by atoms with Gasteiger partial charge in [-0.1, -0.05) is 5.16 Å². The van der Waals surface area contributed by atoms with Crippen LogP contribution in [0.2, 0.25) is 0 Å². The second-order valence-corrected chi connectivity index (χ2v) is 6.21. The monoisotopic (exact) mass is 318 g/mol. The van der Waals surface area contributed by atoms with E-state index >= 15 is 0 Å². The second kappa shape index (κ2) is 5.38. The van der Waals surface area contributed by atoms with Crippen molar-refractivity contribution in [1.82, 2.24) is 19.9 Å². The summed E-state index contributed by atoms with van der Waals surface area (Å²) in [6, 6.07) is 3.57. The number of likely N-dealkylation sites (tertiary alicyclic amines) is 1. The fourth-order valence-corrected chi connectivity index (χ4v) is 3.35. The minimum atomic E-state index is -0.409. The average molecular weight is 318 g/mol. The number of rotatable bonds is 3. The number of likely N-dealkylation sites (N-methyl/N-ethyl adjacent to an activating group) is 1. The maximum absolute atomic E-state index is 11.7. The Bertz CT molecular complexity index is 698. The van der Waals surface area contributed by atoms with E-state index in [2.05, 4.69) is 15.0 Å². The molecule has 0 unspecified atom stereocenters. The molecule has 4 rings (SSSR count). The number of piperidine rings is 1. The molecule has 8 nitrogen and oxygen atoms in total. The van der Waals surface area contributed by atoms with Gasteiger partial charge in [-0.05, 0) is 31.5 Å². The molecule has 2 aromatic rings. The van der Waals surface area contributed by atoms with Crippen LogP contribution in [0.25, 0.3) is 11.6 Å². The first-order valence-corrected chi connectivity index (χ1v) is 7.67. The topological polar surface area (TPSA) is 84.8 Å². The Kier molecular flexibility index (Phi) is 3.33. The quantitative estimate of drug-likeness (QED) is 0.852. The molecular formula is C15H18N4O4. The summed E-state index contributed by atoms with van der Waals surface area (Å²) in [6.07, 6.45) is 3.19. The van der Waals surface area contributed by atoms with Crippen molar-refractivity contribution in [2.24, 2.45) is 0 Å². The van der Waals surface area contributed by atoms with Gasteiger partial charge in [-0.2, -0.15) is 4.98 Å². The number of furan rings is 1. The third-order valence-corrected chi connectivity index (χ3v) is 4.33. The standard InChI is InChI=1S/C15H18N4O4/c1-18-9-15(22-14(18)20)5-3-6-19(10-15)8-12-16-13(17-23-12)11-4-2-7-21-11/h2,4,7H,3,5-6,8-10H2,1H3/t15-/m1/s1. The van der Waals surface area contributed by atoms with Crippen LogP contribution in [0.5, 0.6) is 0 Å². The lowest BCUT2D eigenvalue weighted by Crippen LogP contribution is -2.50. The van der Waals surface area contributed by atoms with Gasteiger partial charge in [0.25, 0.3) is 0 Å². The molecule has 1 atom stereocenters. The molecule has 0 N–H and O–H groups in total. The number of hydrogen-bond acceptors (Lipinski definition) is 7. The summed E-state index contributed by atoms with van der Waals surface area (Å²) in [4.78, 5) is 19.9. The maximum atomic E-state index is 11.7. The van der Waals surface area contributed by atoms with Crippen molar-refractivity contribution in [3.63, 3.8) is 0 Å². The molecule has 8 heteroatoms. The van der Waals surface area contributed by atoms with Crippen LogP contribution in [-0.4, -0.2) is 58.3 Å². The van der Waals surface area contributed by atoms with Gasteiger partial charge < -0.3 is 18.6 Å². The van der Waals surface area contributed by atoms with Gasteiger partial charge >= 0.3 is 6.09 Å². The molecular weight excluding hydrogens is 300 g/mol. The van der Waals surface area contributed by atoms with Crippen LogP contribution in [-0.2, 0) is 11.3 Å². The van der Waals surface area contributed by atoms with Gasteiger partial charge in [0.1, 0.15) is 5.60 Å². The number of aromatic nitrogens is 2. The van der Waals surface area contributed by atoms with Crippen LogP contribution in [0.4, 0.5) is 4.79 Å². The van der Waals surface area contributed by atoms with E-state index in [1.807, 2.05) is 0 Å². The first-order chi connectivity index (χ1) is 11.1. The van der Waals surface area contributed by atoms with Crippen molar-refractivity contribution >= 4 is 6.09 Å². The van der Waals surface area contributed by atoms with E-state index in [0.717, 1.165) is 19.4 Å². The summed E-state index contributed by atoms with van der Waals surface area (Å²) in [5.41, 5.74) is -0.409. The Morgan fingerprint density at radius 2 is 2.30 bits per heavy atom. The molecule has 4 heterocycles. The largest absolute Gasteiger partial charge is 0.461 e. The first kappa shape index (κ1) is 14.3. The van der Waals surface area contributed by atoms with Crippen molar-refractivity contribution in [2.45, 2.75) is 25.0 Å². The second-order valence-electron chi connectivity index (χ2n) is 6.21. The number of amides is 1. The Balaban J connectivity index is 1.44. The molecule has 2 aromatic heterocycles. The normalized spacial score (nSPS) is 25.3. The highest BCUT2D eigenvalue weighted by atomic mass is 16.6. The number of carbonyl (C=O) groups is 1. The highest BCUT2D eigenvalue weighted by Gasteiger charge is 2.46. The van der Waals surface area contributed by atoms with Gasteiger partial charge in [0.05, 0.1) is 19.4 Å². The average Bonchev–Trinajstić information content (AvgIpc) is 3.21. The van der Waals surface area contributed by atoms with E-state index in [1.54, 1.807) is 30.3 Å². The van der Waals surface area contributed by atoms with E-state index in [9.17, 15) is 4.79 Å². The van der Waals surface area contributed by atoms with Crippen LogP contribution in [0.15, 0.2) is 27.3 Å². The molecule has 1 amide bonds. The van der Waals surface area contributed by atoms with Crippen LogP contribution < -0.4 is 0 Å². The number of ether oxygens (including phenoxy) is 1. The van der Waals surface area contributed by atoms with Crippen LogP contribution >= 0.6 is 0 Å². The fourth-order valence-electron chi connectivity index (χ4n) is 3.35. The maximum Gasteiger partial charge on any atom is 0.410 e. The summed E-state index contributed by atoms with van der Waals surface area (Å²) in [6.45, 7) is 2.77. The van der Waals surface area contributed by atoms with Gasteiger partial charge in [-0.15, -0.1) is 0 Å². The molecule has 0 aromatic carbocycles. The van der Waals surface area contributed by atoms with Crippen molar-refractivity contribution in [3.05, 3.63) is 24.3 Å². The van der Waals surface area contributed by atoms with E-state index in [0.29, 0.717) is 37.1 Å². The number of nitrogens with zero attached hydrogens (tertiary/aromatic N) is 4. The SMILES string of the molecule is CN1C[C@@]2(CCCN(Cc3nc(-c4ccco4)no3)C2)OC1=O. The van der Waals surface area contributed by atoms with Gasteiger partial charge in [-0.3, -0.25) is 4.90 Å². The molecule has 0 saturated carbocycles. The molecule has 2 fully saturated rings. The van der Waals surface area contributed by atoms with Crippen molar-refractivity contribution in [3.8, 4) is 11.6 Å². The fraction of sp³-hybridized carbons (Fsp3) is 0.533. The van der Waals surface area contributed by atoms with Gasteiger partial charge in [-0.25, -0.2) is 4.79 Å². The van der Waals surface area contributed by atoms with E-state index in [1.165, 1.54) is 0 Å². The minimum Gasteiger partial charge on any atom is -0.461 e. The Hall–Kier alpha value is -2.35. The highest BCUT2D eigenvalue weighted by Crippen LogP contribution is 2.32. The zero-order valence-electron chi connectivity index (χ0n) is 12.9. The number of hydrogen-bond donors (Lipinski definition) is 0. The smallest absolute Gasteiger partial charge is 0.410 e. The molecule has 0 bridgehead atoms.